The summed E-state index contributed by atoms with van der Waals surface area (Å²) in [7, 11) is 0. The predicted octanol–water partition coefficient (Wildman–Crippen LogP) is 4.94. The molecule has 2 aromatic rings. The normalized spacial score (nSPS) is 15.4. The molecular weight excluding hydrogens is 356 g/mol. The molecule has 0 fully saturated rings. The van der Waals surface area contributed by atoms with E-state index in [-0.39, 0.29) is 21.8 Å². The SMILES string of the molecule is CC(C)c1ccccc1NC(=O)/C(Cl)=C1\Sc2ccccc2NC1=O. The number of amides is 2. The van der Waals surface area contributed by atoms with E-state index in [1.807, 2.05) is 62.4 Å². The van der Waals surface area contributed by atoms with Crippen molar-refractivity contribution < 1.29 is 9.59 Å². The van der Waals surface area contributed by atoms with Gasteiger partial charge in [-0.25, -0.2) is 0 Å². The van der Waals surface area contributed by atoms with Crippen LogP contribution >= 0.6 is 23.4 Å². The van der Waals surface area contributed by atoms with E-state index in [0.29, 0.717) is 5.69 Å². The van der Waals surface area contributed by atoms with Gasteiger partial charge in [0.1, 0.15) is 9.94 Å². The summed E-state index contributed by atoms with van der Waals surface area (Å²) in [4.78, 5) is 25.9. The van der Waals surface area contributed by atoms with Gasteiger partial charge in [0.2, 0.25) is 0 Å². The first-order valence-corrected chi connectivity index (χ1v) is 9.05. The lowest BCUT2D eigenvalue weighted by Crippen LogP contribution is -2.22. The van der Waals surface area contributed by atoms with Gasteiger partial charge < -0.3 is 10.6 Å². The molecule has 0 saturated carbocycles. The highest BCUT2D eigenvalue weighted by molar-refractivity contribution is 8.04. The van der Waals surface area contributed by atoms with Crippen molar-refractivity contribution in [2.45, 2.75) is 24.7 Å². The summed E-state index contributed by atoms with van der Waals surface area (Å²) in [5.74, 6) is -0.616. The van der Waals surface area contributed by atoms with Crippen molar-refractivity contribution in [1.82, 2.24) is 0 Å². The molecule has 0 radical (unpaired) electrons. The molecule has 128 valence electrons. The number of para-hydroxylation sites is 2. The first-order valence-electron chi connectivity index (χ1n) is 7.85. The lowest BCUT2D eigenvalue weighted by atomic mass is 10.0. The van der Waals surface area contributed by atoms with Crippen LogP contribution in [-0.2, 0) is 9.59 Å². The third-order valence-corrected chi connectivity index (χ3v) is 5.43. The van der Waals surface area contributed by atoms with Crippen LogP contribution in [0.2, 0.25) is 0 Å². The number of fused-ring (bicyclic) bond motifs is 1. The third-order valence-electron chi connectivity index (χ3n) is 3.78. The quantitative estimate of drug-likeness (QED) is 0.750. The van der Waals surface area contributed by atoms with Gasteiger partial charge in [-0.3, -0.25) is 9.59 Å². The number of hydrogen-bond donors (Lipinski definition) is 2. The van der Waals surface area contributed by atoms with Crippen molar-refractivity contribution in [3.63, 3.8) is 0 Å². The van der Waals surface area contributed by atoms with Crippen LogP contribution in [0.1, 0.15) is 25.3 Å². The standard InChI is InChI=1S/C19H17ClN2O2S/c1-11(2)12-7-3-4-8-13(12)21-18(23)16(20)17-19(24)22-14-9-5-6-10-15(14)25-17/h3-11H,1-2H3,(H,21,23)(H,22,24)/b17-16+. The molecule has 3 rings (SSSR count). The largest absolute Gasteiger partial charge is 0.321 e. The summed E-state index contributed by atoms with van der Waals surface area (Å²) < 4.78 is 0. The molecule has 25 heavy (non-hydrogen) atoms. The summed E-state index contributed by atoms with van der Waals surface area (Å²) in [5, 5.41) is 5.45. The Hall–Kier alpha value is -2.24. The van der Waals surface area contributed by atoms with E-state index in [1.54, 1.807) is 0 Å². The Morgan fingerprint density at radius 1 is 1.12 bits per heavy atom. The topological polar surface area (TPSA) is 58.2 Å². The summed E-state index contributed by atoms with van der Waals surface area (Å²) in [6, 6.07) is 14.9. The molecule has 1 aliphatic rings. The van der Waals surface area contributed by atoms with E-state index in [4.69, 9.17) is 11.6 Å². The maximum Gasteiger partial charge on any atom is 0.268 e. The summed E-state index contributed by atoms with van der Waals surface area (Å²) in [6.07, 6.45) is 0. The number of anilines is 2. The van der Waals surface area contributed by atoms with Gasteiger partial charge in [-0.15, -0.1) is 0 Å². The molecule has 2 N–H and O–H groups in total. The zero-order chi connectivity index (χ0) is 18.0. The highest BCUT2D eigenvalue weighted by Crippen LogP contribution is 2.40. The van der Waals surface area contributed by atoms with Crippen LogP contribution in [0.3, 0.4) is 0 Å². The fourth-order valence-electron chi connectivity index (χ4n) is 2.53. The number of rotatable bonds is 3. The van der Waals surface area contributed by atoms with Gasteiger partial charge in [-0.2, -0.15) is 0 Å². The minimum Gasteiger partial charge on any atom is -0.321 e. The van der Waals surface area contributed by atoms with Crippen molar-refractivity contribution in [3.05, 3.63) is 64.0 Å². The van der Waals surface area contributed by atoms with E-state index in [0.717, 1.165) is 16.1 Å². The van der Waals surface area contributed by atoms with Crippen LogP contribution in [-0.4, -0.2) is 11.8 Å². The zero-order valence-corrected chi connectivity index (χ0v) is 15.4. The van der Waals surface area contributed by atoms with Gasteiger partial charge in [0.25, 0.3) is 11.8 Å². The van der Waals surface area contributed by atoms with Crippen LogP contribution in [0.15, 0.2) is 63.4 Å². The van der Waals surface area contributed by atoms with Crippen LogP contribution in [0.4, 0.5) is 11.4 Å². The molecule has 1 aliphatic heterocycles. The van der Waals surface area contributed by atoms with Crippen molar-refractivity contribution in [3.8, 4) is 0 Å². The average Bonchev–Trinajstić information content (AvgIpc) is 2.60. The zero-order valence-electron chi connectivity index (χ0n) is 13.8. The Balaban J connectivity index is 1.88. The fraction of sp³-hybridized carbons (Fsp3) is 0.158. The number of halogens is 1. The molecule has 0 unspecified atom stereocenters. The molecule has 2 amide bonds. The van der Waals surface area contributed by atoms with Crippen LogP contribution in [0, 0.1) is 0 Å². The number of nitrogens with one attached hydrogen (secondary N) is 2. The van der Waals surface area contributed by atoms with Gasteiger partial charge in [0, 0.05) is 10.6 Å². The molecule has 1 heterocycles. The van der Waals surface area contributed by atoms with Gasteiger partial charge >= 0.3 is 0 Å². The van der Waals surface area contributed by atoms with Crippen LogP contribution < -0.4 is 10.6 Å². The molecule has 0 aliphatic carbocycles. The van der Waals surface area contributed by atoms with Gasteiger partial charge in [0.15, 0.2) is 0 Å². The van der Waals surface area contributed by atoms with Gasteiger partial charge in [-0.1, -0.05) is 67.5 Å². The number of thioether (sulfide) groups is 1. The van der Waals surface area contributed by atoms with Crippen LogP contribution in [0.5, 0.6) is 0 Å². The average molecular weight is 373 g/mol. The number of carbonyl (C=O) groups is 2. The first kappa shape index (κ1) is 17.6. The maximum atomic E-state index is 12.5. The van der Waals surface area contributed by atoms with E-state index in [9.17, 15) is 9.59 Å². The molecule has 6 heteroatoms. The molecule has 0 bridgehead atoms. The van der Waals surface area contributed by atoms with E-state index in [1.165, 1.54) is 11.8 Å². The minimum absolute atomic E-state index is 0.115. The lowest BCUT2D eigenvalue weighted by molar-refractivity contribution is -0.114. The summed E-state index contributed by atoms with van der Waals surface area (Å²) >= 11 is 7.44. The Morgan fingerprint density at radius 3 is 2.56 bits per heavy atom. The predicted molar refractivity (Wildman–Crippen MR) is 103 cm³/mol. The van der Waals surface area contributed by atoms with E-state index < -0.39 is 5.91 Å². The van der Waals surface area contributed by atoms with Crippen molar-refractivity contribution in [2.75, 3.05) is 10.6 Å². The summed E-state index contributed by atoms with van der Waals surface area (Å²) in [5.41, 5.74) is 2.43. The molecular formula is C19H17ClN2O2S. The minimum atomic E-state index is -0.494. The molecule has 2 aromatic carbocycles. The number of hydrogen-bond acceptors (Lipinski definition) is 3. The monoisotopic (exact) mass is 372 g/mol. The van der Waals surface area contributed by atoms with Crippen molar-refractivity contribution in [1.29, 1.82) is 0 Å². The van der Waals surface area contributed by atoms with E-state index >= 15 is 0 Å². The second-order valence-corrected chi connectivity index (χ2v) is 7.32. The van der Waals surface area contributed by atoms with Crippen LogP contribution in [0.25, 0.3) is 0 Å². The Bertz CT molecular complexity index is 877. The Kier molecular flexibility index (Phi) is 5.16. The second-order valence-electron chi connectivity index (χ2n) is 5.89. The highest BCUT2D eigenvalue weighted by Gasteiger charge is 2.26. The molecule has 0 saturated heterocycles. The molecule has 0 spiro atoms. The third kappa shape index (κ3) is 3.72. The maximum absolute atomic E-state index is 12.5. The first-order chi connectivity index (χ1) is 12.0. The van der Waals surface area contributed by atoms with Gasteiger partial charge in [-0.05, 0) is 29.7 Å². The highest BCUT2D eigenvalue weighted by atomic mass is 35.5. The fourth-order valence-corrected chi connectivity index (χ4v) is 3.70. The Morgan fingerprint density at radius 2 is 1.80 bits per heavy atom. The molecule has 0 atom stereocenters. The second kappa shape index (κ2) is 7.33. The van der Waals surface area contributed by atoms with E-state index in [2.05, 4.69) is 10.6 Å². The number of benzene rings is 2. The lowest BCUT2D eigenvalue weighted by Gasteiger charge is -2.19. The molecule has 0 aromatic heterocycles. The van der Waals surface area contributed by atoms with Crippen molar-refractivity contribution >= 4 is 46.6 Å². The van der Waals surface area contributed by atoms with Crippen molar-refractivity contribution in [2.24, 2.45) is 0 Å². The van der Waals surface area contributed by atoms with Gasteiger partial charge in [0.05, 0.1) is 5.69 Å². The molecule has 4 nitrogen and oxygen atoms in total. The Labute approximate surface area is 155 Å². The number of carbonyl (C=O) groups excluding carboxylic acids is 2. The summed E-state index contributed by atoms with van der Waals surface area (Å²) in [6.45, 7) is 4.10. The smallest absolute Gasteiger partial charge is 0.268 e.